The zero-order chi connectivity index (χ0) is 12.0. The fourth-order valence-corrected chi connectivity index (χ4v) is 3.51. The number of aromatic nitrogens is 1. The molecule has 1 aliphatic carbocycles. The molecule has 0 saturated carbocycles. The van der Waals surface area contributed by atoms with Crippen LogP contribution in [0.25, 0.3) is 10.9 Å². The standard InChI is InChI=1S/C14H17BrN2/c1-17-12-6-5-10(15)7-11(12)14-9(8-16)3-2-4-13(14)17/h5-7,9H,2-4,8,16H2,1H3. The molecule has 2 aromatic rings. The van der Waals surface area contributed by atoms with E-state index in [1.54, 1.807) is 0 Å². The Hall–Kier alpha value is -0.800. The van der Waals surface area contributed by atoms with Crippen molar-refractivity contribution in [2.45, 2.75) is 25.2 Å². The topological polar surface area (TPSA) is 30.9 Å². The van der Waals surface area contributed by atoms with Crippen molar-refractivity contribution < 1.29 is 0 Å². The number of nitrogens with two attached hydrogens (primary N) is 1. The van der Waals surface area contributed by atoms with Gasteiger partial charge in [0.05, 0.1) is 0 Å². The van der Waals surface area contributed by atoms with Crippen LogP contribution in [0, 0.1) is 0 Å². The first-order chi connectivity index (χ1) is 8.22. The van der Waals surface area contributed by atoms with Gasteiger partial charge in [0, 0.05) is 28.1 Å². The van der Waals surface area contributed by atoms with Crippen LogP contribution in [0.4, 0.5) is 0 Å². The molecule has 0 radical (unpaired) electrons. The lowest BCUT2D eigenvalue weighted by Crippen LogP contribution is -2.18. The van der Waals surface area contributed by atoms with Gasteiger partial charge in [0.15, 0.2) is 0 Å². The first-order valence-corrected chi connectivity index (χ1v) is 6.98. The third kappa shape index (κ3) is 1.64. The van der Waals surface area contributed by atoms with Crippen LogP contribution >= 0.6 is 15.9 Å². The van der Waals surface area contributed by atoms with E-state index in [-0.39, 0.29) is 0 Å². The Bertz CT molecular complexity index is 571. The zero-order valence-corrected chi connectivity index (χ0v) is 11.6. The van der Waals surface area contributed by atoms with E-state index in [2.05, 4.69) is 45.7 Å². The van der Waals surface area contributed by atoms with Crippen molar-refractivity contribution in [3.8, 4) is 0 Å². The van der Waals surface area contributed by atoms with E-state index in [1.807, 2.05) is 0 Å². The van der Waals surface area contributed by atoms with Gasteiger partial charge in [0.25, 0.3) is 0 Å². The zero-order valence-electron chi connectivity index (χ0n) is 10.0. The van der Waals surface area contributed by atoms with Gasteiger partial charge in [-0.05, 0) is 55.5 Å². The molecule has 1 unspecified atom stereocenters. The molecule has 1 aromatic heterocycles. The third-order valence-corrected chi connectivity index (χ3v) is 4.48. The van der Waals surface area contributed by atoms with Crippen molar-refractivity contribution in [2.75, 3.05) is 6.54 Å². The van der Waals surface area contributed by atoms with Crippen molar-refractivity contribution in [3.05, 3.63) is 33.9 Å². The van der Waals surface area contributed by atoms with Gasteiger partial charge in [-0.2, -0.15) is 0 Å². The Balaban J connectivity index is 2.35. The minimum Gasteiger partial charge on any atom is -0.347 e. The van der Waals surface area contributed by atoms with Gasteiger partial charge in [-0.1, -0.05) is 15.9 Å². The fraction of sp³-hybridized carbons (Fsp3) is 0.429. The Kier molecular flexibility index (Phi) is 2.75. The predicted molar refractivity (Wildman–Crippen MR) is 75.4 cm³/mol. The van der Waals surface area contributed by atoms with E-state index in [1.165, 1.54) is 41.4 Å². The smallest absolute Gasteiger partial charge is 0.0483 e. The van der Waals surface area contributed by atoms with Crippen LogP contribution in [-0.4, -0.2) is 11.1 Å². The lowest BCUT2D eigenvalue weighted by atomic mass is 9.85. The lowest BCUT2D eigenvalue weighted by Gasteiger charge is -2.22. The highest BCUT2D eigenvalue weighted by Crippen LogP contribution is 2.38. The monoisotopic (exact) mass is 292 g/mol. The Labute approximate surface area is 110 Å². The molecule has 1 atom stereocenters. The number of fused-ring (bicyclic) bond motifs is 3. The van der Waals surface area contributed by atoms with Crippen LogP contribution in [0.5, 0.6) is 0 Å². The van der Waals surface area contributed by atoms with Gasteiger partial charge in [0.2, 0.25) is 0 Å². The van der Waals surface area contributed by atoms with E-state index in [0.717, 1.165) is 11.0 Å². The highest BCUT2D eigenvalue weighted by molar-refractivity contribution is 9.10. The van der Waals surface area contributed by atoms with Gasteiger partial charge in [-0.15, -0.1) is 0 Å². The van der Waals surface area contributed by atoms with Crippen molar-refractivity contribution >= 4 is 26.8 Å². The normalized spacial score (nSPS) is 19.6. The molecular formula is C14H17BrN2. The molecule has 0 fully saturated rings. The molecule has 0 saturated heterocycles. The molecule has 1 aliphatic rings. The maximum absolute atomic E-state index is 5.94. The first kappa shape index (κ1) is 11.3. The van der Waals surface area contributed by atoms with E-state index in [9.17, 15) is 0 Å². The Morgan fingerprint density at radius 3 is 3.06 bits per heavy atom. The minimum atomic E-state index is 0.539. The van der Waals surface area contributed by atoms with E-state index in [4.69, 9.17) is 5.73 Å². The van der Waals surface area contributed by atoms with Crippen molar-refractivity contribution in [1.29, 1.82) is 0 Å². The second-order valence-corrected chi connectivity index (χ2v) is 5.82. The maximum atomic E-state index is 5.94. The SMILES string of the molecule is Cn1c2c(c3cc(Br)ccc31)C(CN)CCC2. The molecule has 0 spiro atoms. The Morgan fingerprint density at radius 2 is 2.29 bits per heavy atom. The molecule has 1 heterocycles. The molecule has 0 aliphatic heterocycles. The second-order valence-electron chi connectivity index (χ2n) is 4.91. The molecular weight excluding hydrogens is 276 g/mol. The van der Waals surface area contributed by atoms with Gasteiger partial charge in [-0.25, -0.2) is 0 Å². The summed E-state index contributed by atoms with van der Waals surface area (Å²) < 4.78 is 3.50. The maximum Gasteiger partial charge on any atom is 0.0483 e. The largest absolute Gasteiger partial charge is 0.347 e. The number of hydrogen-bond donors (Lipinski definition) is 1. The fourth-order valence-electron chi connectivity index (χ4n) is 3.15. The second kappa shape index (κ2) is 4.14. The highest BCUT2D eigenvalue weighted by atomic mass is 79.9. The average Bonchev–Trinajstić information content (AvgIpc) is 2.63. The first-order valence-electron chi connectivity index (χ1n) is 6.19. The molecule has 2 nitrogen and oxygen atoms in total. The molecule has 2 N–H and O–H groups in total. The van der Waals surface area contributed by atoms with Crippen LogP contribution in [0.2, 0.25) is 0 Å². The molecule has 3 heteroatoms. The van der Waals surface area contributed by atoms with Crippen LogP contribution in [0.15, 0.2) is 22.7 Å². The van der Waals surface area contributed by atoms with Gasteiger partial charge in [-0.3, -0.25) is 0 Å². The summed E-state index contributed by atoms with van der Waals surface area (Å²) in [5, 5.41) is 1.38. The summed E-state index contributed by atoms with van der Waals surface area (Å²) in [5.74, 6) is 0.539. The molecule has 17 heavy (non-hydrogen) atoms. The van der Waals surface area contributed by atoms with Gasteiger partial charge in [0.1, 0.15) is 0 Å². The highest BCUT2D eigenvalue weighted by Gasteiger charge is 2.25. The lowest BCUT2D eigenvalue weighted by molar-refractivity contribution is 0.549. The number of rotatable bonds is 1. The summed E-state index contributed by atoms with van der Waals surface area (Å²) in [6.45, 7) is 0.763. The summed E-state index contributed by atoms with van der Waals surface area (Å²) in [5.41, 5.74) is 10.3. The van der Waals surface area contributed by atoms with Gasteiger partial charge >= 0.3 is 0 Å². The van der Waals surface area contributed by atoms with Crippen molar-refractivity contribution in [3.63, 3.8) is 0 Å². The number of halogens is 1. The summed E-state index contributed by atoms with van der Waals surface area (Å²) in [6.07, 6.45) is 3.68. The molecule has 0 bridgehead atoms. The minimum absolute atomic E-state index is 0.539. The summed E-state index contributed by atoms with van der Waals surface area (Å²) in [4.78, 5) is 0. The van der Waals surface area contributed by atoms with Crippen molar-refractivity contribution in [2.24, 2.45) is 12.8 Å². The summed E-state index contributed by atoms with van der Waals surface area (Å²) in [7, 11) is 2.17. The molecule has 0 amide bonds. The number of benzene rings is 1. The van der Waals surface area contributed by atoms with E-state index in [0.29, 0.717) is 5.92 Å². The molecule has 1 aromatic carbocycles. The van der Waals surface area contributed by atoms with Crippen LogP contribution in [0.1, 0.15) is 30.0 Å². The Morgan fingerprint density at radius 1 is 1.47 bits per heavy atom. The predicted octanol–water partition coefficient (Wildman–Crippen LogP) is 3.32. The summed E-state index contributed by atoms with van der Waals surface area (Å²) in [6, 6.07) is 6.55. The summed E-state index contributed by atoms with van der Waals surface area (Å²) >= 11 is 3.57. The number of nitrogens with zero attached hydrogens (tertiary/aromatic N) is 1. The van der Waals surface area contributed by atoms with Crippen LogP contribution < -0.4 is 5.73 Å². The van der Waals surface area contributed by atoms with E-state index < -0.39 is 0 Å². The van der Waals surface area contributed by atoms with Crippen LogP contribution in [0.3, 0.4) is 0 Å². The average molecular weight is 293 g/mol. The quantitative estimate of drug-likeness (QED) is 0.859. The number of aryl methyl sites for hydroxylation is 1. The van der Waals surface area contributed by atoms with E-state index >= 15 is 0 Å². The molecule has 3 rings (SSSR count). The molecule has 90 valence electrons. The van der Waals surface area contributed by atoms with Gasteiger partial charge < -0.3 is 10.3 Å². The van der Waals surface area contributed by atoms with Crippen LogP contribution in [-0.2, 0) is 13.5 Å². The number of hydrogen-bond acceptors (Lipinski definition) is 1. The van der Waals surface area contributed by atoms with Crippen molar-refractivity contribution in [1.82, 2.24) is 4.57 Å². The third-order valence-electron chi connectivity index (χ3n) is 3.98.